The van der Waals surface area contributed by atoms with Gasteiger partial charge in [-0.05, 0) is 11.1 Å². The molecule has 5 atom stereocenters. The van der Waals surface area contributed by atoms with Crippen LogP contribution in [0.15, 0.2) is 54.6 Å². The first-order valence-electron chi connectivity index (χ1n) is 9.48. The summed E-state index contributed by atoms with van der Waals surface area (Å²) in [6, 6.07) is 15.3. The van der Waals surface area contributed by atoms with Crippen LogP contribution >= 0.6 is 0 Å². The van der Waals surface area contributed by atoms with Crippen LogP contribution in [-0.2, 0) is 29.4 Å². The molecule has 5 unspecified atom stereocenters. The minimum atomic E-state index is -1.71. The standard InChI is InChI=1S/C22H21NO7/c1-29-20(25)15-17-13-10-6-7-11-14(13)18(16(19(15)24)21(26)30-2)22(17,23(27)28)12-8-4-3-5-9-12/h3-11,15-18,23,27H,1-2H3. The highest BCUT2D eigenvalue weighted by atomic mass is 16.8. The highest BCUT2D eigenvalue weighted by Gasteiger charge is 2.73. The fourth-order valence-corrected chi connectivity index (χ4v) is 5.39. The fourth-order valence-electron chi connectivity index (χ4n) is 5.39. The first-order valence-corrected chi connectivity index (χ1v) is 9.48. The molecule has 0 aliphatic heterocycles. The van der Waals surface area contributed by atoms with Crippen LogP contribution in [0, 0.1) is 17.0 Å². The van der Waals surface area contributed by atoms with Crippen LogP contribution in [-0.4, -0.2) is 37.1 Å². The summed E-state index contributed by atoms with van der Waals surface area (Å²) in [4.78, 5) is 39.0. The van der Waals surface area contributed by atoms with E-state index in [0.717, 1.165) is 14.2 Å². The van der Waals surface area contributed by atoms with Crippen LogP contribution in [0.2, 0.25) is 0 Å². The molecule has 156 valence electrons. The minimum absolute atomic E-state index is 0.416. The van der Waals surface area contributed by atoms with Crippen LogP contribution in [0.1, 0.15) is 28.5 Å². The largest absolute Gasteiger partial charge is 0.599 e. The number of methoxy groups -OCH3 is 2. The monoisotopic (exact) mass is 411 g/mol. The van der Waals surface area contributed by atoms with Gasteiger partial charge in [0.2, 0.25) is 0 Å². The Labute approximate surface area is 172 Å². The van der Waals surface area contributed by atoms with Crippen molar-refractivity contribution < 1.29 is 34.3 Å². The summed E-state index contributed by atoms with van der Waals surface area (Å²) in [5, 5.41) is 22.4. The van der Waals surface area contributed by atoms with Gasteiger partial charge in [-0.1, -0.05) is 54.6 Å². The van der Waals surface area contributed by atoms with Gasteiger partial charge in [0.05, 0.1) is 26.1 Å². The van der Waals surface area contributed by atoms with Crippen molar-refractivity contribution in [3.63, 3.8) is 0 Å². The number of benzene rings is 2. The number of fused-ring (bicyclic) bond motifs is 5. The third-order valence-electron chi connectivity index (χ3n) is 6.44. The molecule has 0 spiro atoms. The van der Waals surface area contributed by atoms with Crippen molar-refractivity contribution in [2.24, 2.45) is 11.8 Å². The van der Waals surface area contributed by atoms with Crippen LogP contribution < -0.4 is 5.23 Å². The molecule has 8 heteroatoms. The first-order chi connectivity index (χ1) is 14.4. The lowest BCUT2D eigenvalue weighted by atomic mass is 9.57. The number of ether oxygens (including phenoxy) is 2. The topological polar surface area (TPSA) is 117 Å². The Hall–Kier alpha value is -3.07. The third kappa shape index (κ3) is 2.48. The average molecular weight is 411 g/mol. The molecule has 1 fully saturated rings. The van der Waals surface area contributed by atoms with Crippen LogP contribution in [0.4, 0.5) is 0 Å². The Morgan fingerprint density at radius 2 is 1.33 bits per heavy atom. The molecule has 2 aliphatic carbocycles. The lowest BCUT2D eigenvalue weighted by Crippen LogP contribution is -3.14. The summed E-state index contributed by atoms with van der Waals surface area (Å²) in [5.74, 6) is -7.33. The summed E-state index contributed by atoms with van der Waals surface area (Å²) in [7, 11) is 2.28. The molecule has 0 amide bonds. The zero-order valence-electron chi connectivity index (χ0n) is 16.4. The highest BCUT2D eigenvalue weighted by Crippen LogP contribution is 2.63. The molecule has 2 aliphatic rings. The zero-order valence-corrected chi connectivity index (χ0v) is 16.4. The SMILES string of the molecule is COC(=O)C1C(=O)C(C(=O)OC)C2c3ccccc3C1C2(c1ccccc1)[NH+]([O-])O. The van der Waals surface area contributed by atoms with Crippen LogP contribution in [0.5, 0.6) is 0 Å². The number of hydroxylamine groups is 2. The second kappa shape index (κ2) is 7.32. The second-order valence-electron chi connectivity index (χ2n) is 7.53. The van der Waals surface area contributed by atoms with Crippen molar-refractivity contribution in [3.8, 4) is 0 Å². The van der Waals surface area contributed by atoms with Gasteiger partial charge in [0.25, 0.3) is 0 Å². The predicted octanol–water partition coefficient (Wildman–Crippen LogP) is 0.696. The van der Waals surface area contributed by atoms with E-state index in [4.69, 9.17) is 9.47 Å². The van der Waals surface area contributed by atoms with E-state index in [-0.39, 0.29) is 0 Å². The number of nitrogens with one attached hydrogen (secondary N) is 1. The highest BCUT2D eigenvalue weighted by molar-refractivity contribution is 6.11. The van der Waals surface area contributed by atoms with Crippen molar-refractivity contribution in [1.82, 2.24) is 0 Å². The van der Waals surface area contributed by atoms with E-state index < -0.39 is 52.2 Å². The summed E-state index contributed by atoms with van der Waals surface area (Å²) in [6.45, 7) is 0. The van der Waals surface area contributed by atoms with Gasteiger partial charge < -0.3 is 14.7 Å². The van der Waals surface area contributed by atoms with Gasteiger partial charge in [-0.25, -0.2) is 10.4 Å². The van der Waals surface area contributed by atoms with Crippen LogP contribution in [0.25, 0.3) is 0 Å². The smallest absolute Gasteiger partial charge is 0.317 e. The second-order valence-corrected chi connectivity index (χ2v) is 7.53. The maximum Gasteiger partial charge on any atom is 0.317 e. The molecule has 4 rings (SSSR count). The first kappa shape index (κ1) is 20.2. The van der Waals surface area contributed by atoms with E-state index in [0.29, 0.717) is 16.7 Å². The molecular weight excluding hydrogens is 390 g/mol. The van der Waals surface area contributed by atoms with E-state index in [2.05, 4.69) is 0 Å². The maximum absolute atomic E-state index is 13.4. The Morgan fingerprint density at radius 3 is 1.73 bits per heavy atom. The van der Waals surface area contributed by atoms with Gasteiger partial charge in [0.1, 0.15) is 11.8 Å². The molecule has 0 aromatic heterocycles. The van der Waals surface area contributed by atoms with E-state index in [9.17, 15) is 24.8 Å². The Morgan fingerprint density at radius 1 is 0.900 bits per heavy atom. The van der Waals surface area contributed by atoms with Crippen molar-refractivity contribution in [2.45, 2.75) is 17.4 Å². The number of Topliss-reactive ketones (excluding diaryl/α,β-unsaturated/α-hetero) is 1. The van der Waals surface area contributed by atoms with Crippen molar-refractivity contribution in [2.75, 3.05) is 14.2 Å². The molecule has 0 radical (unpaired) electrons. The molecule has 8 nitrogen and oxygen atoms in total. The van der Waals surface area contributed by atoms with E-state index >= 15 is 0 Å². The van der Waals surface area contributed by atoms with Gasteiger partial charge in [0.15, 0.2) is 11.3 Å². The Kier molecular flexibility index (Phi) is 4.93. The molecule has 2 N–H and O–H groups in total. The quantitative estimate of drug-likeness (QED) is 0.432. The van der Waals surface area contributed by atoms with Gasteiger partial charge in [-0.15, -0.1) is 0 Å². The van der Waals surface area contributed by atoms with Crippen molar-refractivity contribution in [3.05, 3.63) is 76.5 Å². The number of quaternary nitrogens is 1. The maximum atomic E-state index is 13.4. The van der Waals surface area contributed by atoms with E-state index in [1.54, 1.807) is 54.6 Å². The number of hydrogen-bond acceptors (Lipinski definition) is 7. The third-order valence-corrected chi connectivity index (χ3v) is 6.44. The van der Waals surface area contributed by atoms with Crippen molar-refractivity contribution >= 4 is 17.7 Å². The molecule has 0 heterocycles. The summed E-state index contributed by atoms with van der Waals surface area (Å²) >= 11 is 0. The number of rotatable bonds is 4. The summed E-state index contributed by atoms with van der Waals surface area (Å²) < 4.78 is 9.78. The Bertz CT molecular complexity index is 951. The molecule has 0 saturated heterocycles. The fraction of sp³-hybridized carbons (Fsp3) is 0.318. The average Bonchev–Trinajstić information content (AvgIpc) is 3.00. The number of ketones is 1. The predicted molar refractivity (Wildman–Crippen MR) is 102 cm³/mol. The molecule has 2 bridgehead atoms. The summed E-state index contributed by atoms with van der Waals surface area (Å²) in [6.07, 6.45) is 0. The lowest BCUT2D eigenvalue weighted by molar-refractivity contribution is -1.10. The Balaban J connectivity index is 2.12. The minimum Gasteiger partial charge on any atom is -0.599 e. The molecular formula is C22H21NO7. The molecule has 2 aromatic carbocycles. The van der Waals surface area contributed by atoms with Gasteiger partial charge in [0, 0.05) is 5.56 Å². The summed E-state index contributed by atoms with van der Waals surface area (Å²) in [5.41, 5.74) is -0.178. The van der Waals surface area contributed by atoms with Gasteiger partial charge >= 0.3 is 11.9 Å². The van der Waals surface area contributed by atoms with E-state index in [1.165, 1.54) is 0 Å². The number of carbonyl (C=O) groups excluding carboxylic acids is 3. The van der Waals surface area contributed by atoms with E-state index in [1.807, 2.05) is 0 Å². The van der Waals surface area contributed by atoms with Crippen molar-refractivity contribution in [1.29, 1.82) is 0 Å². The lowest BCUT2D eigenvalue weighted by Gasteiger charge is -2.50. The number of esters is 2. The number of hydrogen-bond donors (Lipinski definition) is 2. The van der Waals surface area contributed by atoms with Gasteiger partial charge in [-0.3, -0.25) is 14.4 Å². The molecule has 1 saturated carbocycles. The zero-order chi connectivity index (χ0) is 21.6. The number of carbonyl (C=O) groups is 3. The van der Waals surface area contributed by atoms with Crippen LogP contribution in [0.3, 0.4) is 0 Å². The normalized spacial score (nSPS) is 30.3. The van der Waals surface area contributed by atoms with Gasteiger partial charge in [-0.2, -0.15) is 0 Å². The molecule has 2 aromatic rings. The molecule has 30 heavy (non-hydrogen) atoms.